The van der Waals surface area contributed by atoms with E-state index in [-0.39, 0.29) is 10.8 Å². The van der Waals surface area contributed by atoms with Crippen molar-refractivity contribution >= 4 is 39.1 Å². The molecular weight excluding hydrogens is 374 g/mol. The zero-order valence-electron chi connectivity index (χ0n) is 14.9. The molecule has 0 atom stereocenters. The molecule has 142 valence electrons. The van der Waals surface area contributed by atoms with E-state index in [9.17, 15) is 13.2 Å². The third kappa shape index (κ3) is 4.99. The first kappa shape index (κ1) is 19.2. The van der Waals surface area contributed by atoms with E-state index < -0.39 is 10.0 Å². The molecule has 0 aromatic heterocycles. The van der Waals surface area contributed by atoms with Crippen molar-refractivity contribution in [1.82, 2.24) is 0 Å². The Morgan fingerprint density at radius 3 is 2.18 bits per heavy atom. The van der Waals surface area contributed by atoms with Crippen molar-refractivity contribution in [2.75, 3.05) is 15.8 Å². The van der Waals surface area contributed by atoms with Gasteiger partial charge in [-0.3, -0.25) is 9.52 Å². The van der Waals surface area contributed by atoms with Crippen molar-refractivity contribution in [3.63, 3.8) is 0 Å². The molecule has 3 rings (SSSR count). The van der Waals surface area contributed by atoms with E-state index in [4.69, 9.17) is 5.73 Å². The molecule has 3 aromatic rings. The predicted molar refractivity (Wildman–Crippen MR) is 112 cm³/mol. The average molecular weight is 393 g/mol. The van der Waals surface area contributed by atoms with E-state index in [2.05, 4.69) is 10.0 Å². The summed E-state index contributed by atoms with van der Waals surface area (Å²) in [6.07, 6.45) is 3.01. The van der Waals surface area contributed by atoms with Gasteiger partial charge in [0.15, 0.2) is 0 Å². The lowest BCUT2D eigenvalue weighted by molar-refractivity contribution is -0.111. The fraction of sp³-hybridized carbons (Fsp3) is 0. The zero-order valence-corrected chi connectivity index (χ0v) is 15.7. The van der Waals surface area contributed by atoms with Crippen LogP contribution in [0.15, 0.2) is 89.8 Å². The van der Waals surface area contributed by atoms with Crippen LogP contribution in [-0.2, 0) is 14.8 Å². The molecule has 1 amide bonds. The van der Waals surface area contributed by atoms with Gasteiger partial charge in [0.2, 0.25) is 5.91 Å². The number of amides is 1. The normalized spacial score (nSPS) is 11.3. The Morgan fingerprint density at radius 1 is 0.857 bits per heavy atom. The summed E-state index contributed by atoms with van der Waals surface area (Å²) in [7, 11) is -3.63. The summed E-state index contributed by atoms with van der Waals surface area (Å²) in [5, 5.41) is 2.70. The van der Waals surface area contributed by atoms with Gasteiger partial charge in [-0.1, -0.05) is 42.5 Å². The van der Waals surface area contributed by atoms with E-state index in [0.29, 0.717) is 17.1 Å². The molecule has 0 unspecified atom stereocenters. The Bertz CT molecular complexity index is 1090. The van der Waals surface area contributed by atoms with Crippen LogP contribution in [0.1, 0.15) is 5.56 Å². The maximum absolute atomic E-state index is 12.3. The van der Waals surface area contributed by atoms with Crippen molar-refractivity contribution < 1.29 is 13.2 Å². The summed E-state index contributed by atoms with van der Waals surface area (Å²) in [6, 6.07) is 21.8. The molecule has 0 aliphatic carbocycles. The minimum atomic E-state index is -3.63. The molecule has 0 radical (unpaired) electrons. The Kier molecular flexibility index (Phi) is 5.76. The molecule has 6 nitrogen and oxygen atoms in total. The van der Waals surface area contributed by atoms with Crippen LogP contribution in [0.4, 0.5) is 17.1 Å². The number of nitrogen functional groups attached to an aromatic ring is 1. The lowest BCUT2D eigenvalue weighted by Crippen LogP contribution is -2.12. The molecule has 7 heteroatoms. The van der Waals surface area contributed by atoms with Gasteiger partial charge < -0.3 is 11.1 Å². The molecule has 0 bridgehead atoms. The Labute approximate surface area is 163 Å². The van der Waals surface area contributed by atoms with Crippen LogP contribution in [0.5, 0.6) is 0 Å². The molecule has 0 saturated carbocycles. The first-order valence-electron chi connectivity index (χ1n) is 8.45. The molecule has 3 aromatic carbocycles. The molecular formula is C21H19N3O3S. The van der Waals surface area contributed by atoms with Crippen LogP contribution in [0.25, 0.3) is 6.08 Å². The van der Waals surface area contributed by atoms with Gasteiger partial charge >= 0.3 is 0 Å². The summed E-state index contributed by atoms with van der Waals surface area (Å²) < 4.78 is 27.1. The zero-order chi connectivity index (χ0) is 20.0. The molecule has 0 saturated heterocycles. The number of nitrogens with one attached hydrogen (secondary N) is 2. The number of carbonyl (C=O) groups is 1. The van der Waals surface area contributed by atoms with Gasteiger partial charge in [-0.2, -0.15) is 0 Å². The quantitative estimate of drug-likeness (QED) is 0.439. The SMILES string of the molecule is Nc1ccccc1NC(=O)/C=C/c1ccc(NS(=O)(=O)c2ccccc2)cc1. The Balaban J connectivity index is 1.63. The topological polar surface area (TPSA) is 101 Å². The van der Waals surface area contributed by atoms with Crippen molar-refractivity contribution in [2.24, 2.45) is 0 Å². The third-order valence-electron chi connectivity index (χ3n) is 3.86. The minimum absolute atomic E-state index is 0.191. The van der Waals surface area contributed by atoms with Crippen molar-refractivity contribution in [2.45, 2.75) is 4.90 Å². The largest absolute Gasteiger partial charge is 0.397 e. The first-order chi connectivity index (χ1) is 13.4. The number of anilines is 3. The molecule has 28 heavy (non-hydrogen) atoms. The van der Waals surface area contributed by atoms with Crippen molar-refractivity contribution in [3.8, 4) is 0 Å². The van der Waals surface area contributed by atoms with Crippen LogP contribution >= 0.6 is 0 Å². The van der Waals surface area contributed by atoms with Crippen LogP contribution in [0.3, 0.4) is 0 Å². The highest BCUT2D eigenvalue weighted by Gasteiger charge is 2.12. The maximum atomic E-state index is 12.3. The number of para-hydroxylation sites is 2. The predicted octanol–water partition coefficient (Wildman–Crippen LogP) is 3.72. The van der Waals surface area contributed by atoms with Gasteiger partial charge in [0.1, 0.15) is 0 Å². The molecule has 0 aliphatic heterocycles. The number of hydrogen-bond acceptors (Lipinski definition) is 4. The number of nitrogens with two attached hydrogens (primary N) is 1. The van der Waals surface area contributed by atoms with E-state index in [0.717, 1.165) is 5.56 Å². The van der Waals surface area contributed by atoms with E-state index >= 15 is 0 Å². The summed E-state index contributed by atoms with van der Waals surface area (Å²) in [6.45, 7) is 0. The molecule has 0 heterocycles. The van der Waals surface area contributed by atoms with Crippen molar-refractivity contribution in [3.05, 3.63) is 90.5 Å². The second-order valence-electron chi connectivity index (χ2n) is 5.95. The van der Waals surface area contributed by atoms with Crippen LogP contribution in [0, 0.1) is 0 Å². The highest BCUT2D eigenvalue weighted by Crippen LogP contribution is 2.18. The lowest BCUT2D eigenvalue weighted by atomic mass is 10.2. The van der Waals surface area contributed by atoms with E-state index in [1.807, 2.05) is 0 Å². The third-order valence-corrected chi connectivity index (χ3v) is 5.26. The smallest absolute Gasteiger partial charge is 0.261 e. The number of benzene rings is 3. The monoisotopic (exact) mass is 393 g/mol. The number of carbonyl (C=O) groups excluding carboxylic acids is 1. The second kappa shape index (κ2) is 8.41. The number of rotatable bonds is 6. The van der Waals surface area contributed by atoms with Crippen LogP contribution in [-0.4, -0.2) is 14.3 Å². The van der Waals surface area contributed by atoms with E-state index in [1.54, 1.807) is 72.8 Å². The molecule has 0 fully saturated rings. The average Bonchev–Trinajstić information content (AvgIpc) is 2.70. The minimum Gasteiger partial charge on any atom is -0.397 e. The van der Waals surface area contributed by atoms with E-state index in [1.165, 1.54) is 18.2 Å². The first-order valence-corrected chi connectivity index (χ1v) is 9.94. The summed E-state index contributed by atoms with van der Waals surface area (Å²) >= 11 is 0. The van der Waals surface area contributed by atoms with Gasteiger partial charge in [-0.05, 0) is 48.0 Å². The fourth-order valence-electron chi connectivity index (χ4n) is 2.43. The standard InChI is InChI=1S/C21H19N3O3S/c22-19-8-4-5-9-20(19)23-21(25)15-12-16-10-13-17(14-11-16)24-28(26,27)18-6-2-1-3-7-18/h1-15,24H,22H2,(H,23,25)/b15-12+. The highest BCUT2D eigenvalue weighted by molar-refractivity contribution is 7.92. The highest BCUT2D eigenvalue weighted by atomic mass is 32.2. The van der Waals surface area contributed by atoms with Gasteiger partial charge in [0.25, 0.3) is 10.0 Å². The maximum Gasteiger partial charge on any atom is 0.261 e. The fourth-order valence-corrected chi connectivity index (χ4v) is 3.51. The van der Waals surface area contributed by atoms with Crippen LogP contribution < -0.4 is 15.8 Å². The molecule has 0 aliphatic rings. The van der Waals surface area contributed by atoms with Crippen molar-refractivity contribution in [1.29, 1.82) is 0 Å². The summed E-state index contributed by atoms with van der Waals surface area (Å²) in [4.78, 5) is 12.2. The molecule has 4 N–H and O–H groups in total. The summed E-state index contributed by atoms with van der Waals surface area (Å²) in [5.41, 5.74) is 8.00. The summed E-state index contributed by atoms with van der Waals surface area (Å²) in [5.74, 6) is -0.313. The Morgan fingerprint density at radius 2 is 1.50 bits per heavy atom. The Hall–Kier alpha value is -3.58. The lowest BCUT2D eigenvalue weighted by Gasteiger charge is -2.08. The van der Waals surface area contributed by atoms with Gasteiger partial charge in [-0.15, -0.1) is 0 Å². The number of hydrogen-bond donors (Lipinski definition) is 3. The van der Waals surface area contributed by atoms with Gasteiger partial charge in [-0.25, -0.2) is 8.42 Å². The number of sulfonamides is 1. The van der Waals surface area contributed by atoms with Gasteiger partial charge in [0.05, 0.1) is 16.3 Å². The van der Waals surface area contributed by atoms with Crippen LogP contribution in [0.2, 0.25) is 0 Å². The molecule has 0 spiro atoms. The second-order valence-corrected chi connectivity index (χ2v) is 7.63. The van der Waals surface area contributed by atoms with Gasteiger partial charge in [0, 0.05) is 11.8 Å².